The highest BCUT2D eigenvalue weighted by atomic mass is 19.1. The van der Waals surface area contributed by atoms with Crippen LogP contribution in [-0.2, 0) is 9.59 Å². The fourth-order valence-electron chi connectivity index (χ4n) is 3.27. The number of anilines is 2. The molecule has 0 saturated carbocycles. The molecule has 2 N–H and O–H groups in total. The molecule has 1 saturated heterocycles. The van der Waals surface area contributed by atoms with Crippen LogP contribution >= 0.6 is 0 Å². The number of H-pyrrole nitrogens is 1. The van der Waals surface area contributed by atoms with Gasteiger partial charge in [0.25, 0.3) is 0 Å². The van der Waals surface area contributed by atoms with E-state index in [2.05, 4.69) is 15.2 Å². The number of rotatable bonds is 2. The van der Waals surface area contributed by atoms with Gasteiger partial charge in [-0.25, -0.2) is 4.39 Å². The molecule has 2 amide bonds. The Morgan fingerprint density at radius 3 is 2.44 bits per heavy atom. The van der Waals surface area contributed by atoms with Crippen LogP contribution in [0.3, 0.4) is 0 Å². The average molecular weight is 366 g/mol. The minimum atomic E-state index is -0.642. The van der Waals surface area contributed by atoms with Crippen molar-refractivity contribution >= 4 is 34.1 Å². The first-order valence-corrected chi connectivity index (χ1v) is 8.78. The molecule has 7 heteroatoms. The van der Waals surface area contributed by atoms with E-state index in [9.17, 15) is 14.0 Å². The number of aromatic nitrogens is 1. The van der Waals surface area contributed by atoms with Crippen LogP contribution in [0.1, 0.15) is 0 Å². The average Bonchev–Trinajstić information content (AvgIpc) is 3.16. The second-order valence-corrected chi connectivity index (χ2v) is 6.49. The van der Waals surface area contributed by atoms with Crippen LogP contribution in [0.4, 0.5) is 15.8 Å². The molecule has 1 aliphatic rings. The predicted molar refractivity (Wildman–Crippen MR) is 102 cm³/mol. The zero-order valence-electron chi connectivity index (χ0n) is 14.6. The standard InChI is InChI=1S/C20H19FN4O2/c21-15-2-5-17(6-3-15)24-9-11-25(12-10-24)20(27)19(26)23-16-4-1-14-7-8-22-18(14)13-16/h1-8,13,22H,9-12H2,(H,23,26). The molecule has 6 nitrogen and oxygen atoms in total. The number of piperazine rings is 1. The number of aromatic amines is 1. The largest absolute Gasteiger partial charge is 0.368 e. The van der Waals surface area contributed by atoms with Crippen molar-refractivity contribution in [2.75, 3.05) is 36.4 Å². The van der Waals surface area contributed by atoms with E-state index < -0.39 is 11.8 Å². The van der Waals surface area contributed by atoms with Crippen molar-refractivity contribution in [3.8, 4) is 0 Å². The van der Waals surface area contributed by atoms with E-state index in [1.165, 1.54) is 12.1 Å². The number of amides is 2. The molecule has 27 heavy (non-hydrogen) atoms. The summed E-state index contributed by atoms with van der Waals surface area (Å²) in [7, 11) is 0. The Labute approximate surface area is 155 Å². The van der Waals surface area contributed by atoms with E-state index in [4.69, 9.17) is 0 Å². The van der Waals surface area contributed by atoms with Gasteiger partial charge in [-0.2, -0.15) is 0 Å². The van der Waals surface area contributed by atoms with Gasteiger partial charge in [0.05, 0.1) is 0 Å². The van der Waals surface area contributed by atoms with E-state index in [1.54, 1.807) is 29.2 Å². The third kappa shape index (κ3) is 3.62. The molecular formula is C20H19FN4O2. The predicted octanol–water partition coefficient (Wildman–Crippen LogP) is 2.59. The molecule has 0 radical (unpaired) electrons. The third-order valence-electron chi connectivity index (χ3n) is 4.77. The van der Waals surface area contributed by atoms with Crippen LogP contribution in [0.5, 0.6) is 0 Å². The maximum atomic E-state index is 13.0. The number of hydrogen-bond acceptors (Lipinski definition) is 3. The topological polar surface area (TPSA) is 68.4 Å². The first-order chi connectivity index (χ1) is 13.1. The minimum Gasteiger partial charge on any atom is -0.368 e. The van der Waals surface area contributed by atoms with Gasteiger partial charge >= 0.3 is 11.8 Å². The highest BCUT2D eigenvalue weighted by Crippen LogP contribution is 2.19. The highest BCUT2D eigenvalue weighted by Gasteiger charge is 2.26. The van der Waals surface area contributed by atoms with Gasteiger partial charge in [0.15, 0.2) is 0 Å². The quantitative estimate of drug-likeness (QED) is 0.685. The van der Waals surface area contributed by atoms with Crippen LogP contribution in [0, 0.1) is 5.82 Å². The molecule has 1 fully saturated rings. The third-order valence-corrected chi connectivity index (χ3v) is 4.77. The number of carbonyl (C=O) groups is 2. The van der Waals surface area contributed by atoms with Gasteiger partial charge < -0.3 is 20.1 Å². The second-order valence-electron chi connectivity index (χ2n) is 6.49. The molecule has 0 aliphatic carbocycles. The smallest absolute Gasteiger partial charge is 0.313 e. The van der Waals surface area contributed by atoms with Crippen molar-refractivity contribution in [3.05, 3.63) is 60.5 Å². The Morgan fingerprint density at radius 1 is 0.963 bits per heavy atom. The first-order valence-electron chi connectivity index (χ1n) is 8.78. The summed E-state index contributed by atoms with van der Waals surface area (Å²) in [4.78, 5) is 31.4. The summed E-state index contributed by atoms with van der Waals surface area (Å²) < 4.78 is 13.0. The summed E-state index contributed by atoms with van der Waals surface area (Å²) in [5.41, 5.74) is 2.38. The Morgan fingerprint density at radius 2 is 1.70 bits per heavy atom. The SMILES string of the molecule is O=C(Nc1ccc2cc[nH]c2c1)C(=O)N1CCN(c2ccc(F)cc2)CC1. The Bertz CT molecular complexity index is 975. The van der Waals surface area contributed by atoms with Crippen LogP contribution in [0.25, 0.3) is 10.9 Å². The van der Waals surface area contributed by atoms with Crippen LogP contribution in [0.2, 0.25) is 0 Å². The number of benzene rings is 2. The molecule has 1 aromatic heterocycles. The molecular weight excluding hydrogens is 347 g/mol. The molecule has 0 unspecified atom stereocenters. The van der Waals surface area contributed by atoms with Crippen LogP contribution in [-0.4, -0.2) is 47.9 Å². The maximum Gasteiger partial charge on any atom is 0.313 e. The summed E-state index contributed by atoms with van der Waals surface area (Å²) in [6, 6.07) is 13.7. The summed E-state index contributed by atoms with van der Waals surface area (Å²) in [6.07, 6.45) is 1.82. The maximum absolute atomic E-state index is 13.0. The second kappa shape index (κ2) is 7.11. The zero-order chi connectivity index (χ0) is 18.8. The molecule has 2 heterocycles. The molecule has 2 aromatic carbocycles. The van der Waals surface area contributed by atoms with E-state index in [1.807, 2.05) is 18.3 Å². The summed E-state index contributed by atoms with van der Waals surface area (Å²) in [6.45, 7) is 2.08. The number of halogens is 1. The lowest BCUT2D eigenvalue weighted by atomic mass is 10.2. The lowest BCUT2D eigenvalue weighted by Gasteiger charge is -2.35. The molecule has 138 valence electrons. The van der Waals surface area contributed by atoms with Gasteiger partial charge in [-0.15, -0.1) is 0 Å². The Balaban J connectivity index is 1.35. The van der Waals surface area contributed by atoms with Crippen molar-refractivity contribution in [1.29, 1.82) is 0 Å². The normalized spacial score (nSPS) is 14.4. The van der Waals surface area contributed by atoms with Gasteiger partial charge in [0.2, 0.25) is 0 Å². The fourth-order valence-corrected chi connectivity index (χ4v) is 3.27. The Hall–Kier alpha value is -3.35. The van der Waals surface area contributed by atoms with Gasteiger partial charge in [-0.05, 0) is 47.9 Å². The monoisotopic (exact) mass is 366 g/mol. The van der Waals surface area contributed by atoms with Crippen molar-refractivity contribution in [3.63, 3.8) is 0 Å². The van der Waals surface area contributed by atoms with Crippen LogP contribution < -0.4 is 10.2 Å². The summed E-state index contributed by atoms with van der Waals surface area (Å²) in [5, 5.41) is 3.70. The molecule has 1 aliphatic heterocycles. The fraction of sp³-hybridized carbons (Fsp3) is 0.200. The number of nitrogens with zero attached hydrogens (tertiary/aromatic N) is 2. The number of hydrogen-bond donors (Lipinski definition) is 2. The molecule has 3 aromatic rings. The lowest BCUT2D eigenvalue weighted by molar-refractivity contribution is -0.143. The van der Waals surface area contributed by atoms with Crippen molar-refractivity contribution in [2.24, 2.45) is 0 Å². The van der Waals surface area contributed by atoms with E-state index in [0.29, 0.717) is 31.9 Å². The van der Waals surface area contributed by atoms with E-state index >= 15 is 0 Å². The molecule has 0 bridgehead atoms. The number of nitrogens with one attached hydrogen (secondary N) is 2. The lowest BCUT2D eigenvalue weighted by Crippen LogP contribution is -2.51. The number of carbonyl (C=O) groups excluding carboxylic acids is 2. The van der Waals surface area contributed by atoms with E-state index in [0.717, 1.165) is 16.6 Å². The van der Waals surface area contributed by atoms with Gasteiger partial charge in [-0.1, -0.05) is 6.07 Å². The van der Waals surface area contributed by atoms with Crippen molar-refractivity contribution in [2.45, 2.75) is 0 Å². The molecule has 4 rings (SSSR count). The Kier molecular flexibility index (Phi) is 4.50. The number of fused-ring (bicyclic) bond motifs is 1. The van der Waals surface area contributed by atoms with Crippen molar-refractivity contribution in [1.82, 2.24) is 9.88 Å². The van der Waals surface area contributed by atoms with Crippen LogP contribution in [0.15, 0.2) is 54.7 Å². The minimum absolute atomic E-state index is 0.276. The first kappa shape index (κ1) is 17.1. The van der Waals surface area contributed by atoms with Gasteiger partial charge in [0, 0.05) is 49.3 Å². The molecule has 0 atom stereocenters. The van der Waals surface area contributed by atoms with Gasteiger partial charge in [0.1, 0.15) is 5.82 Å². The highest BCUT2D eigenvalue weighted by molar-refractivity contribution is 6.39. The molecule has 0 spiro atoms. The summed E-state index contributed by atoms with van der Waals surface area (Å²) >= 11 is 0. The van der Waals surface area contributed by atoms with E-state index in [-0.39, 0.29) is 5.82 Å². The summed E-state index contributed by atoms with van der Waals surface area (Å²) in [5.74, 6) is -1.46. The zero-order valence-corrected chi connectivity index (χ0v) is 14.6. The van der Waals surface area contributed by atoms with Gasteiger partial charge in [-0.3, -0.25) is 9.59 Å². The van der Waals surface area contributed by atoms with Crippen molar-refractivity contribution < 1.29 is 14.0 Å².